The summed E-state index contributed by atoms with van der Waals surface area (Å²) >= 11 is 0. The number of amides is 1. The van der Waals surface area contributed by atoms with Gasteiger partial charge in [-0.2, -0.15) is 0 Å². The third-order valence-corrected chi connectivity index (χ3v) is 7.58. The Bertz CT molecular complexity index is 577. The predicted molar refractivity (Wildman–Crippen MR) is 86.0 cm³/mol. The summed E-state index contributed by atoms with van der Waals surface area (Å²) in [5.41, 5.74) is -2.42. The van der Waals surface area contributed by atoms with Gasteiger partial charge in [0.2, 0.25) is 17.5 Å². The lowest BCUT2D eigenvalue weighted by atomic mass is 9.64. The number of hydrogen-bond acceptors (Lipinski definition) is 3. The molecule has 23 heavy (non-hydrogen) atoms. The highest BCUT2D eigenvalue weighted by molar-refractivity contribution is 6.48. The molecule has 1 heterocycles. The summed E-state index contributed by atoms with van der Waals surface area (Å²) in [6, 6.07) is 0.187. The van der Waals surface area contributed by atoms with Crippen molar-refractivity contribution in [3.63, 3.8) is 0 Å². The van der Waals surface area contributed by atoms with Crippen molar-refractivity contribution in [2.75, 3.05) is 27.2 Å². The number of nitrogens with zero attached hydrogens (tertiary/aromatic N) is 1. The van der Waals surface area contributed by atoms with Crippen LogP contribution in [0.15, 0.2) is 0 Å². The number of ketones is 2. The summed E-state index contributed by atoms with van der Waals surface area (Å²) in [4.78, 5) is 42.0. The quantitative estimate of drug-likeness (QED) is 0.579. The van der Waals surface area contributed by atoms with Crippen molar-refractivity contribution in [1.29, 1.82) is 0 Å². The minimum Gasteiger partial charge on any atom is -0.341 e. The largest absolute Gasteiger partial charge is 0.341 e. The van der Waals surface area contributed by atoms with Crippen LogP contribution in [-0.4, -0.2) is 55.6 Å². The van der Waals surface area contributed by atoms with Gasteiger partial charge in [0.05, 0.1) is 20.1 Å². The first-order chi connectivity index (χ1) is 10.6. The molecule has 0 aromatic carbocycles. The van der Waals surface area contributed by atoms with Gasteiger partial charge in [0, 0.05) is 31.3 Å². The summed E-state index contributed by atoms with van der Waals surface area (Å²) in [5.74, 6) is -0.887. The number of carbonyl (C=O) groups excluding carboxylic acids is 3. The highest BCUT2D eigenvalue weighted by atomic mass is 16.2. The van der Waals surface area contributed by atoms with Crippen LogP contribution in [0.2, 0.25) is 0 Å². The maximum Gasteiger partial charge on any atom is 0.237 e. The molecule has 0 radical (unpaired) electrons. The molecule has 1 N–H and O–H groups in total. The topological polar surface area (TPSA) is 58.9 Å². The van der Waals surface area contributed by atoms with Gasteiger partial charge in [-0.05, 0) is 18.3 Å². The number of quaternary nitrogens is 1. The summed E-state index contributed by atoms with van der Waals surface area (Å²) in [5, 5.41) is 0. The molecule has 1 saturated heterocycles. The Morgan fingerprint density at radius 3 is 2.13 bits per heavy atom. The third kappa shape index (κ3) is 1.80. The molecule has 2 aliphatic carbocycles. The van der Waals surface area contributed by atoms with Crippen molar-refractivity contribution < 1.29 is 19.3 Å². The van der Waals surface area contributed by atoms with Crippen LogP contribution in [0.3, 0.4) is 0 Å². The van der Waals surface area contributed by atoms with Crippen LogP contribution in [0.4, 0.5) is 0 Å². The lowest BCUT2D eigenvalue weighted by molar-refractivity contribution is -0.885. The van der Waals surface area contributed by atoms with E-state index in [0.717, 1.165) is 25.9 Å². The molecule has 5 heteroatoms. The number of rotatable bonds is 2. The number of nitrogens with one attached hydrogen (secondary N) is 1. The Hall–Kier alpha value is -1.23. The van der Waals surface area contributed by atoms with Crippen molar-refractivity contribution in [3.8, 4) is 0 Å². The lowest BCUT2D eigenvalue weighted by Gasteiger charge is -2.42. The van der Waals surface area contributed by atoms with Crippen LogP contribution in [0.5, 0.6) is 0 Å². The van der Waals surface area contributed by atoms with Gasteiger partial charge in [-0.1, -0.05) is 20.8 Å². The average Bonchev–Trinajstić information content (AvgIpc) is 2.79. The number of likely N-dealkylation sites (tertiary alicyclic amines) is 1. The van der Waals surface area contributed by atoms with Gasteiger partial charge in [-0.25, -0.2) is 0 Å². The zero-order valence-corrected chi connectivity index (χ0v) is 15.0. The van der Waals surface area contributed by atoms with Crippen LogP contribution in [0, 0.1) is 16.2 Å². The first kappa shape index (κ1) is 16.6. The first-order valence-electron chi connectivity index (χ1n) is 8.77. The number of Topliss-reactive ketones (excluding diaryl/α,β-unsaturated/α-hetero) is 2. The van der Waals surface area contributed by atoms with E-state index in [4.69, 9.17) is 0 Å². The van der Waals surface area contributed by atoms with Gasteiger partial charge in [-0.15, -0.1) is 0 Å². The molecule has 1 aliphatic heterocycles. The monoisotopic (exact) mass is 321 g/mol. The molecule has 0 unspecified atom stereocenters. The summed E-state index contributed by atoms with van der Waals surface area (Å²) in [6.07, 6.45) is 3.08. The van der Waals surface area contributed by atoms with Crippen LogP contribution in [0.25, 0.3) is 0 Å². The minimum absolute atomic E-state index is 0.119. The van der Waals surface area contributed by atoms with Gasteiger partial charge in [-0.3, -0.25) is 14.4 Å². The summed E-state index contributed by atoms with van der Waals surface area (Å²) in [7, 11) is 3.99. The number of hydrogen-bond donors (Lipinski definition) is 1. The Balaban J connectivity index is 1.92. The van der Waals surface area contributed by atoms with E-state index in [1.807, 2.05) is 27.8 Å². The Morgan fingerprint density at radius 2 is 1.65 bits per heavy atom. The van der Waals surface area contributed by atoms with Crippen LogP contribution < -0.4 is 4.90 Å². The number of carbonyl (C=O) groups is 3. The molecular formula is C18H29N2O3+. The molecule has 0 aromatic rings. The zero-order chi connectivity index (χ0) is 17.2. The second-order valence-corrected chi connectivity index (χ2v) is 8.63. The fourth-order valence-electron chi connectivity index (χ4n) is 5.19. The molecule has 2 atom stereocenters. The van der Waals surface area contributed by atoms with Crippen molar-refractivity contribution in [2.24, 2.45) is 16.2 Å². The Morgan fingerprint density at radius 1 is 1.09 bits per heavy atom. The SMILES string of the molecule is CN(C(=O)[C@]12CC[C@@](C)(C(=O)C1=O)C2(C)C)C1CC[NH+](C)CC1. The van der Waals surface area contributed by atoms with Gasteiger partial charge < -0.3 is 9.80 Å². The maximum atomic E-state index is 13.4. The first-order valence-corrected chi connectivity index (χ1v) is 8.77. The lowest BCUT2D eigenvalue weighted by Crippen LogP contribution is -3.10. The average molecular weight is 321 g/mol. The molecule has 1 amide bonds. The molecule has 2 saturated carbocycles. The molecule has 0 aromatic heterocycles. The number of fused-ring (bicyclic) bond motifs is 2. The van der Waals surface area contributed by atoms with Gasteiger partial charge in [0.1, 0.15) is 5.41 Å². The zero-order valence-electron chi connectivity index (χ0n) is 15.0. The molecule has 0 spiro atoms. The van der Waals surface area contributed by atoms with E-state index >= 15 is 0 Å². The fourth-order valence-corrected chi connectivity index (χ4v) is 5.19. The fraction of sp³-hybridized carbons (Fsp3) is 0.833. The van der Waals surface area contributed by atoms with Gasteiger partial charge in [0.25, 0.3) is 0 Å². The van der Waals surface area contributed by atoms with E-state index in [0.29, 0.717) is 12.8 Å². The smallest absolute Gasteiger partial charge is 0.237 e. The van der Waals surface area contributed by atoms with Crippen molar-refractivity contribution >= 4 is 17.5 Å². The standard InChI is InChI=1S/C18H28N2O3/c1-16(2)17(3)8-9-18(16,14(22)13(17)21)15(23)20(5)12-6-10-19(4)11-7-12/h12H,6-11H2,1-5H3/p+1/t17-,18-/m0/s1. The molecule has 3 aliphatic rings. The second kappa shape index (κ2) is 4.88. The summed E-state index contributed by atoms with van der Waals surface area (Å²) in [6.45, 7) is 7.83. The van der Waals surface area contributed by atoms with E-state index in [9.17, 15) is 14.4 Å². The van der Waals surface area contributed by atoms with Crippen molar-refractivity contribution in [1.82, 2.24) is 4.90 Å². The Kier molecular flexibility index (Phi) is 3.53. The molecule has 2 bridgehead atoms. The van der Waals surface area contributed by atoms with Crippen LogP contribution >= 0.6 is 0 Å². The molecule has 128 valence electrons. The highest BCUT2D eigenvalue weighted by Gasteiger charge is 2.78. The predicted octanol–water partition coefficient (Wildman–Crippen LogP) is 0.0864. The molecule has 3 rings (SSSR count). The Labute approximate surface area is 138 Å². The van der Waals surface area contributed by atoms with Crippen molar-refractivity contribution in [2.45, 2.75) is 52.5 Å². The molecule has 5 nitrogen and oxygen atoms in total. The van der Waals surface area contributed by atoms with E-state index < -0.39 is 22.0 Å². The summed E-state index contributed by atoms with van der Waals surface area (Å²) < 4.78 is 0. The van der Waals surface area contributed by atoms with E-state index in [1.54, 1.807) is 4.90 Å². The molecular weight excluding hydrogens is 292 g/mol. The highest BCUT2D eigenvalue weighted by Crippen LogP contribution is 2.69. The van der Waals surface area contributed by atoms with Crippen LogP contribution in [-0.2, 0) is 14.4 Å². The van der Waals surface area contributed by atoms with E-state index in [-0.39, 0.29) is 17.7 Å². The maximum absolute atomic E-state index is 13.4. The third-order valence-electron chi connectivity index (χ3n) is 7.58. The normalized spacial score (nSPS) is 42.1. The van der Waals surface area contributed by atoms with E-state index in [2.05, 4.69) is 7.05 Å². The van der Waals surface area contributed by atoms with E-state index in [1.165, 1.54) is 4.90 Å². The van der Waals surface area contributed by atoms with Crippen LogP contribution in [0.1, 0.15) is 46.5 Å². The second-order valence-electron chi connectivity index (χ2n) is 8.63. The van der Waals surface area contributed by atoms with Gasteiger partial charge in [0.15, 0.2) is 0 Å². The van der Waals surface area contributed by atoms with Gasteiger partial charge >= 0.3 is 0 Å². The van der Waals surface area contributed by atoms with Crippen molar-refractivity contribution in [3.05, 3.63) is 0 Å². The number of piperidine rings is 1. The molecule has 3 fully saturated rings. The minimum atomic E-state index is -1.14.